The molecule has 3 amide bonds. The highest BCUT2D eigenvalue weighted by Crippen LogP contribution is 2.44. The van der Waals surface area contributed by atoms with Crippen molar-refractivity contribution in [2.45, 2.75) is 89.0 Å². The van der Waals surface area contributed by atoms with E-state index in [1.807, 2.05) is 6.20 Å². The van der Waals surface area contributed by atoms with Crippen LogP contribution in [0.2, 0.25) is 0 Å². The zero-order valence-electron chi connectivity index (χ0n) is 26.3. The fraction of sp³-hybridized carbons (Fsp3) is 0.528. The van der Waals surface area contributed by atoms with Crippen LogP contribution in [-0.2, 0) is 4.79 Å². The molecule has 3 aliphatic rings. The summed E-state index contributed by atoms with van der Waals surface area (Å²) in [6.45, 7) is 2.87. The van der Waals surface area contributed by atoms with Crippen molar-refractivity contribution in [1.82, 2.24) is 15.6 Å². The average Bonchev–Trinajstić information content (AvgIpc) is 3.79. The summed E-state index contributed by atoms with van der Waals surface area (Å²) in [5.74, 6) is 2.81. The normalized spacial score (nSPS) is 23.5. The van der Waals surface area contributed by atoms with E-state index in [0.29, 0.717) is 17.8 Å². The Morgan fingerprint density at radius 1 is 0.955 bits per heavy atom. The number of nitrogens with zero attached hydrogens (tertiary/aromatic N) is 2. The first-order chi connectivity index (χ1) is 21.4. The van der Waals surface area contributed by atoms with E-state index in [4.69, 9.17) is 9.72 Å². The maximum absolute atomic E-state index is 14.3. The third kappa shape index (κ3) is 7.12. The van der Waals surface area contributed by atoms with E-state index in [1.54, 1.807) is 25.5 Å². The predicted octanol–water partition coefficient (Wildman–Crippen LogP) is 7.80. The summed E-state index contributed by atoms with van der Waals surface area (Å²) in [6.07, 6.45) is 12.3. The van der Waals surface area contributed by atoms with Crippen LogP contribution in [0.5, 0.6) is 5.75 Å². The van der Waals surface area contributed by atoms with Gasteiger partial charge < -0.3 is 20.3 Å². The highest BCUT2D eigenvalue weighted by atomic mass is 32.1. The summed E-state index contributed by atoms with van der Waals surface area (Å²) < 4.78 is 5.48. The van der Waals surface area contributed by atoms with Gasteiger partial charge in [0.25, 0.3) is 0 Å². The molecule has 2 aromatic carbocycles. The molecule has 44 heavy (non-hydrogen) atoms. The number of thiazole rings is 1. The third-order valence-corrected chi connectivity index (χ3v) is 11.2. The molecule has 234 valence electrons. The van der Waals surface area contributed by atoms with E-state index < -0.39 is 0 Å². The number of rotatable bonds is 9. The van der Waals surface area contributed by atoms with Gasteiger partial charge in [-0.25, -0.2) is 9.78 Å². The summed E-state index contributed by atoms with van der Waals surface area (Å²) in [5.41, 5.74) is 4.72. The number of aromatic nitrogens is 1. The van der Waals surface area contributed by atoms with Gasteiger partial charge in [0.2, 0.25) is 5.91 Å². The van der Waals surface area contributed by atoms with Crippen LogP contribution in [0.4, 0.5) is 10.5 Å². The van der Waals surface area contributed by atoms with E-state index in [2.05, 4.69) is 64.9 Å². The predicted molar refractivity (Wildman–Crippen MR) is 178 cm³/mol. The van der Waals surface area contributed by atoms with Gasteiger partial charge in [0.05, 0.1) is 17.0 Å². The van der Waals surface area contributed by atoms with E-state index in [0.717, 1.165) is 74.9 Å². The van der Waals surface area contributed by atoms with Gasteiger partial charge in [0, 0.05) is 43.4 Å². The Bertz CT molecular complexity index is 1450. The average molecular weight is 615 g/mol. The molecule has 0 atom stereocenters. The molecular formula is C36H46N4O3S. The Kier molecular flexibility index (Phi) is 9.55. The molecule has 3 aliphatic carbocycles. The first-order valence-corrected chi connectivity index (χ1v) is 17.2. The lowest BCUT2D eigenvalue weighted by Gasteiger charge is -2.36. The second-order valence-corrected chi connectivity index (χ2v) is 14.1. The number of nitrogens with one attached hydrogen (secondary N) is 2. The molecule has 0 unspecified atom stereocenters. The quantitative estimate of drug-likeness (QED) is 0.258. The lowest BCUT2D eigenvalue weighted by Crippen LogP contribution is -2.45. The summed E-state index contributed by atoms with van der Waals surface area (Å²) in [5, 5.41) is 6.92. The molecule has 3 aromatic rings. The van der Waals surface area contributed by atoms with Crippen molar-refractivity contribution in [3.05, 3.63) is 64.8 Å². The van der Waals surface area contributed by atoms with Gasteiger partial charge in [-0.3, -0.25) is 4.79 Å². The fourth-order valence-electron chi connectivity index (χ4n) is 7.14. The van der Waals surface area contributed by atoms with Crippen molar-refractivity contribution in [3.8, 4) is 16.2 Å². The third-order valence-electron chi connectivity index (χ3n) is 9.98. The number of aryl methyl sites for hydroxylation is 1. The number of carbonyl (C=O) groups is 2. The van der Waals surface area contributed by atoms with Gasteiger partial charge in [0.1, 0.15) is 5.75 Å². The number of urea groups is 1. The number of amides is 3. The SMILES string of the molecule is CNC(=O)NC1CCC(C(=O)N(CC2CCC(c3ccc(OC)c(C)c3)CC2)c2cccc(-c3cnc(C4CC4)s3)c2)CC1. The maximum atomic E-state index is 14.3. The van der Waals surface area contributed by atoms with Crippen molar-refractivity contribution >= 4 is 29.0 Å². The monoisotopic (exact) mass is 614 g/mol. The minimum Gasteiger partial charge on any atom is -0.496 e. The molecule has 3 fully saturated rings. The van der Waals surface area contributed by atoms with Crippen LogP contribution in [0, 0.1) is 18.8 Å². The van der Waals surface area contributed by atoms with Gasteiger partial charge in [-0.15, -0.1) is 11.3 Å². The Labute approximate surface area is 265 Å². The van der Waals surface area contributed by atoms with Crippen molar-refractivity contribution in [1.29, 1.82) is 0 Å². The molecule has 0 saturated heterocycles. The molecule has 1 aromatic heterocycles. The van der Waals surface area contributed by atoms with Crippen LogP contribution >= 0.6 is 11.3 Å². The number of benzene rings is 2. The molecule has 2 N–H and O–H groups in total. The maximum Gasteiger partial charge on any atom is 0.314 e. The first-order valence-electron chi connectivity index (χ1n) is 16.4. The van der Waals surface area contributed by atoms with Crippen molar-refractivity contribution in [2.75, 3.05) is 25.6 Å². The van der Waals surface area contributed by atoms with Crippen LogP contribution in [0.15, 0.2) is 48.7 Å². The van der Waals surface area contributed by atoms with Crippen LogP contribution < -0.4 is 20.3 Å². The van der Waals surface area contributed by atoms with Gasteiger partial charge in [-0.1, -0.05) is 24.3 Å². The Morgan fingerprint density at radius 3 is 2.39 bits per heavy atom. The van der Waals surface area contributed by atoms with Crippen molar-refractivity contribution < 1.29 is 14.3 Å². The highest BCUT2D eigenvalue weighted by Gasteiger charge is 2.33. The van der Waals surface area contributed by atoms with Crippen molar-refractivity contribution in [2.24, 2.45) is 11.8 Å². The summed E-state index contributed by atoms with van der Waals surface area (Å²) in [6, 6.07) is 15.1. The smallest absolute Gasteiger partial charge is 0.314 e. The van der Waals surface area contributed by atoms with Crippen molar-refractivity contribution in [3.63, 3.8) is 0 Å². The lowest BCUT2D eigenvalue weighted by atomic mass is 9.78. The summed E-state index contributed by atoms with van der Waals surface area (Å²) in [4.78, 5) is 34.1. The number of anilines is 1. The Balaban J connectivity index is 1.17. The van der Waals surface area contributed by atoms with E-state index >= 15 is 0 Å². The second kappa shape index (κ2) is 13.7. The summed E-state index contributed by atoms with van der Waals surface area (Å²) >= 11 is 1.80. The topological polar surface area (TPSA) is 83.6 Å². The van der Waals surface area contributed by atoms with E-state index in [1.165, 1.54) is 33.9 Å². The van der Waals surface area contributed by atoms with Crippen LogP contribution in [0.1, 0.15) is 92.2 Å². The van der Waals surface area contributed by atoms with Gasteiger partial charge >= 0.3 is 6.03 Å². The fourth-order valence-corrected chi connectivity index (χ4v) is 8.23. The Morgan fingerprint density at radius 2 is 1.70 bits per heavy atom. The van der Waals surface area contributed by atoms with E-state index in [-0.39, 0.29) is 23.9 Å². The molecule has 0 bridgehead atoms. The first kappa shape index (κ1) is 30.6. The molecular weight excluding hydrogens is 568 g/mol. The molecule has 3 saturated carbocycles. The van der Waals surface area contributed by atoms with Gasteiger partial charge in [-0.05, 0) is 118 Å². The largest absolute Gasteiger partial charge is 0.496 e. The number of ether oxygens (including phenoxy) is 1. The lowest BCUT2D eigenvalue weighted by molar-refractivity contribution is -0.123. The van der Waals surface area contributed by atoms with Crippen LogP contribution in [-0.4, -0.2) is 43.7 Å². The number of carbonyl (C=O) groups excluding carboxylic acids is 2. The summed E-state index contributed by atoms with van der Waals surface area (Å²) in [7, 11) is 3.37. The van der Waals surface area contributed by atoms with Crippen LogP contribution in [0.25, 0.3) is 10.4 Å². The molecule has 6 rings (SSSR count). The number of methoxy groups -OCH3 is 1. The molecule has 0 aliphatic heterocycles. The molecule has 0 radical (unpaired) electrons. The molecule has 8 heteroatoms. The molecule has 1 heterocycles. The number of hydrogen-bond donors (Lipinski definition) is 2. The molecule has 7 nitrogen and oxygen atoms in total. The minimum atomic E-state index is -0.147. The van der Waals surface area contributed by atoms with E-state index in [9.17, 15) is 9.59 Å². The van der Waals surface area contributed by atoms with Crippen LogP contribution in [0.3, 0.4) is 0 Å². The zero-order chi connectivity index (χ0) is 30.6. The second-order valence-electron chi connectivity index (χ2n) is 13.1. The molecule has 0 spiro atoms. The van der Waals surface area contributed by atoms with Gasteiger partial charge in [-0.2, -0.15) is 0 Å². The zero-order valence-corrected chi connectivity index (χ0v) is 27.1. The Hall–Kier alpha value is -3.39. The number of hydrogen-bond acceptors (Lipinski definition) is 5. The standard InChI is InChI=1S/C36H46N4O3S/c1-23-19-28(15-18-32(23)43-3)25-9-7-24(8-10-25)22-40(35(41)27-13-16-30(17-14-27)39-36(42)37-2)31-6-4-5-29(20-31)33-21-38-34(44-33)26-11-12-26/h4-6,15,18-21,24-27,30H,7-14,16-17,22H2,1-3H3,(H2,37,39,42). The highest BCUT2D eigenvalue weighted by molar-refractivity contribution is 7.15. The van der Waals surface area contributed by atoms with Gasteiger partial charge in [0.15, 0.2) is 0 Å². The minimum absolute atomic E-state index is 0.0233.